The van der Waals surface area contributed by atoms with E-state index < -0.39 is 10.0 Å². The first kappa shape index (κ1) is 21.9. The van der Waals surface area contributed by atoms with Gasteiger partial charge < -0.3 is 4.74 Å². The Labute approximate surface area is 177 Å². The van der Waals surface area contributed by atoms with Crippen LogP contribution < -0.4 is 0 Å². The van der Waals surface area contributed by atoms with Gasteiger partial charge in [0.05, 0.1) is 13.2 Å². The Bertz CT molecular complexity index is 883. The molecule has 2 aromatic rings. The van der Waals surface area contributed by atoms with Crippen LogP contribution in [0.25, 0.3) is 6.08 Å². The van der Waals surface area contributed by atoms with E-state index in [1.807, 2.05) is 12.1 Å². The van der Waals surface area contributed by atoms with E-state index in [4.69, 9.17) is 16.3 Å². The molecule has 1 aromatic heterocycles. The molecule has 6 nitrogen and oxygen atoms in total. The summed E-state index contributed by atoms with van der Waals surface area (Å²) in [6.07, 6.45) is 5.72. The minimum absolute atomic E-state index is 0.318. The lowest BCUT2D eigenvalue weighted by molar-refractivity contribution is 0.0368. The molecule has 0 saturated carbocycles. The quantitative estimate of drug-likeness (QED) is 0.605. The van der Waals surface area contributed by atoms with Gasteiger partial charge in [-0.15, -0.1) is 0 Å². The normalized spacial score (nSPS) is 15.9. The highest BCUT2D eigenvalue weighted by molar-refractivity contribution is 7.92. The van der Waals surface area contributed by atoms with Gasteiger partial charge >= 0.3 is 0 Å². The summed E-state index contributed by atoms with van der Waals surface area (Å²) < 4.78 is 32.9. The summed E-state index contributed by atoms with van der Waals surface area (Å²) >= 11 is 5.90. The molecular weight excluding hydrogens is 410 g/mol. The maximum atomic E-state index is 13.0. The molecule has 156 valence electrons. The SMILES string of the molecule is O=S(=O)(/C=C/c1ccc(Cl)cc1)N(CCCN1CCOCC1)Cc1ccncc1. The Hall–Kier alpha value is -1.77. The number of hydrogen-bond acceptors (Lipinski definition) is 5. The Balaban J connectivity index is 1.68. The fourth-order valence-corrected chi connectivity index (χ4v) is 4.45. The second kappa shape index (κ2) is 10.8. The number of morpholine rings is 1. The van der Waals surface area contributed by atoms with Gasteiger partial charge in [-0.2, -0.15) is 4.31 Å². The topological polar surface area (TPSA) is 62.7 Å². The van der Waals surface area contributed by atoms with Crippen LogP contribution in [-0.2, 0) is 21.3 Å². The summed E-state index contributed by atoms with van der Waals surface area (Å²) in [4.78, 5) is 6.32. The molecule has 0 spiro atoms. The van der Waals surface area contributed by atoms with Gasteiger partial charge in [-0.25, -0.2) is 8.42 Å². The zero-order valence-electron chi connectivity index (χ0n) is 16.3. The Kier molecular flexibility index (Phi) is 8.20. The van der Waals surface area contributed by atoms with E-state index in [9.17, 15) is 8.42 Å². The highest BCUT2D eigenvalue weighted by Gasteiger charge is 2.20. The summed E-state index contributed by atoms with van der Waals surface area (Å²) in [5.41, 5.74) is 1.70. The van der Waals surface area contributed by atoms with Gasteiger partial charge in [0.15, 0.2) is 0 Å². The lowest BCUT2D eigenvalue weighted by Gasteiger charge is -2.27. The monoisotopic (exact) mass is 435 g/mol. The minimum atomic E-state index is -3.58. The predicted octanol–water partition coefficient (Wildman–Crippen LogP) is 3.26. The number of rotatable bonds is 9. The number of sulfonamides is 1. The van der Waals surface area contributed by atoms with Crippen molar-refractivity contribution >= 4 is 27.7 Å². The van der Waals surface area contributed by atoms with E-state index in [1.54, 1.807) is 42.7 Å². The largest absolute Gasteiger partial charge is 0.379 e. The van der Waals surface area contributed by atoms with Crippen LogP contribution in [0.1, 0.15) is 17.5 Å². The summed E-state index contributed by atoms with van der Waals surface area (Å²) in [7, 11) is -3.58. The van der Waals surface area contributed by atoms with Crippen molar-refractivity contribution in [1.29, 1.82) is 0 Å². The first-order valence-electron chi connectivity index (χ1n) is 9.66. The molecule has 0 radical (unpaired) electrons. The molecule has 0 amide bonds. The molecule has 1 fully saturated rings. The fourth-order valence-electron chi connectivity index (χ4n) is 3.11. The molecule has 1 aliphatic rings. The van der Waals surface area contributed by atoms with E-state index >= 15 is 0 Å². The molecule has 0 aliphatic carbocycles. The smallest absolute Gasteiger partial charge is 0.236 e. The number of aromatic nitrogens is 1. The van der Waals surface area contributed by atoms with Crippen LogP contribution >= 0.6 is 11.6 Å². The minimum Gasteiger partial charge on any atom is -0.379 e. The van der Waals surface area contributed by atoms with Crippen LogP contribution in [0.3, 0.4) is 0 Å². The first-order chi connectivity index (χ1) is 14.0. The van der Waals surface area contributed by atoms with Gasteiger partial charge in [0.1, 0.15) is 0 Å². The van der Waals surface area contributed by atoms with Gasteiger partial charge in [0, 0.05) is 49.0 Å². The van der Waals surface area contributed by atoms with Crippen LogP contribution in [0.15, 0.2) is 54.2 Å². The van der Waals surface area contributed by atoms with E-state index in [0.29, 0.717) is 18.1 Å². The van der Waals surface area contributed by atoms with Gasteiger partial charge in [-0.1, -0.05) is 23.7 Å². The first-order valence-corrected chi connectivity index (χ1v) is 11.5. The predicted molar refractivity (Wildman–Crippen MR) is 116 cm³/mol. The average Bonchev–Trinajstić information content (AvgIpc) is 2.74. The van der Waals surface area contributed by atoms with Crippen molar-refractivity contribution in [1.82, 2.24) is 14.2 Å². The van der Waals surface area contributed by atoms with Crippen molar-refractivity contribution in [3.8, 4) is 0 Å². The Morgan fingerprint density at radius 2 is 1.79 bits per heavy atom. The molecule has 8 heteroatoms. The van der Waals surface area contributed by atoms with Crippen LogP contribution in [0, 0.1) is 0 Å². The number of halogens is 1. The standard InChI is InChI=1S/C21H26ClN3O3S/c22-21-4-2-19(3-5-21)8-17-29(26,27)25(18-20-6-9-23-10-7-20)12-1-11-24-13-15-28-16-14-24/h2-10,17H,1,11-16,18H2/b17-8+. The van der Waals surface area contributed by atoms with Crippen molar-refractivity contribution < 1.29 is 13.2 Å². The Morgan fingerprint density at radius 3 is 2.48 bits per heavy atom. The molecular formula is C21H26ClN3O3S. The van der Waals surface area contributed by atoms with E-state index in [0.717, 1.165) is 50.4 Å². The fraction of sp³-hybridized carbons (Fsp3) is 0.381. The van der Waals surface area contributed by atoms with Crippen LogP contribution in [-0.4, -0.2) is 62.0 Å². The van der Waals surface area contributed by atoms with E-state index in [-0.39, 0.29) is 0 Å². The van der Waals surface area contributed by atoms with Gasteiger partial charge in [0.2, 0.25) is 10.0 Å². The maximum absolute atomic E-state index is 13.0. The van der Waals surface area contributed by atoms with Gasteiger partial charge in [0.25, 0.3) is 0 Å². The Morgan fingerprint density at radius 1 is 1.10 bits per heavy atom. The lowest BCUT2D eigenvalue weighted by Crippen LogP contribution is -2.38. The number of benzene rings is 1. The van der Waals surface area contributed by atoms with Gasteiger partial charge in [-0.05, 0) is 54.4 Å². The number of nitrogens with zero attached hydrogens (tertiary/aromatic N) is 3. The molecule has 0 bridgehead atoms. The molecule has 0 atom stereocenters. The van der Waals surface area contributed by atoms with E-state index in [1.165, 1.54) is 9.71 Å². The van der Waals surface area contributed by atoms with Crippen LogP contribution in [0.4, 0.5) is 0 Å². The molecule has 0 N–H and O–H groups in total. The third-order valence-corrected chi connectivity index (χ3v) is 6.52. The maximum Gasteiger partial charge on any atom is 0.236 e. The lowest BCUT2D eigenvalue weighted by atomic mass is 10.2. The third kappa shape index (κ3) is 7.21. The third-order valence-electron chi connectivity index (χ3n) is 4.76. The molecule has 29 heavy (non-hydrogen) atoms. The summed E-state index contributed by atoms with van der Waals surface area (Å²) in [5.74, 6) is 0. The van der Waals surface area contributed by atoms with Crippen molar-refractivity contribution in [2.75, 3.05) is 39.4 Å². The van der Waals surface area contributed by atoms with Crippen molar-refractivity contribution in [2.24, 2.45) is 0 Å². The zero-order valence-corrected chi connectivity index (χ0v) is 17.9. The van der Waals surface area contributed by atoms with Crippen molar-refractivity contribution in [2.45, 2.75) is 13.0 Å². The molecule has 1 aromatic carbocycles. The highest BCUT2D eigenvalue weighted by atomic mass is 35.5. The van der Waals surface area contributed by atoms with Crippen LogP contribution in [0.2, 0.25) is 5.02 Å². The summed E-state index contributed by atoms with van der Waals surface area (Å²) in [6, 6.07) is 10.7. The molecule has 2 heterocycles. The second-order valence-corrected chi connectivity index (χ2v) is 9.15. The molecule has 3 rings (SSSR count). The number of ether oxygens (including phenoxy) is 1. The zero-order chi connectivity index (χ0) is 20.5. The van der Waals surface area contributed by atoms with Gasteiger partial charge in [-0.3, -0.25) is 9.88 Å². The average molecular weight is 436 g/mol. The summed E-state index contributed by atoms with van der Waals surface area (Å²) in [5, 5.41) is 1.89. The van der Waals surface area contributed by atoms with E-state index in [2.05, 4.69) is 9.88 Å². The molecule has 1 saturated heterocycles. The summed E-state index contributed by atoms with van der Waals surface area (Å²) in [6.45, 7) is 4.89. The number of hydrogen-bond donors (Lipinski definition) is 0. The second-order valence-electron chi connectivity index (χ2n) is 6.90. The van der Waals surface area contributed by atoms with Crippen molar-refractivity contribution in [3.05, 3.63) is 70.3 Å². The highest BCUT2D eigenvalue weighted by Crippen LogP contribution is 2.15. The van der Waals surface area contributed by atoms with Crippen molar-refractivity contribution in [3.63, 3.8) is 0 Å². The molecule has 1 aliphatic heterocycles. The van der Waals surface area contributed by atoms with Crippen LogP contribution in [0.5, 0.6) is 0 Å². The number of pyridine rings is 1. The molecule has 0 unspecified atom stereocenters.